The SMILES string of the molecule is COCCN(Cc1ccc(Br)s1)CC1(C)CCNC1. The van der Waals surface area contributed by atoms with Gasteiger partial charge in [-0.25, -0.2) is 0 Å². The van der Waals surface area contributed by atoms with Gasteiger partial charge in [0.2, 0.25) is 0 Å². The number of ether oxygens (including phenoxy) is 1. The van der Waals surface area contributed by atoms with Crippen molar-refractivity contribution >= 4 is 27.3 Å². The molecule has 0 bridgehead atoms. The fourth-order valence-electron chi connectivity index (χ4n) is 2.64. The Kier molecular flexibility index (Phi) is 5.84. The molecule has 1 aliphatic heterocycles. The van der Waals surface area contributed by atoms with Gasteiger partial charge >= 0.3 is 0 Å². The highest BCUT2D eigenvalue weighted by atomic mass is 79.9. The van der Waals surface area contributed by atoms with Gasteiger partial charge in [-0.15, -0.1) is 11.3 Å². The van der Waals surface area contributed by atoms with Gasteiger partial charge < -0.3 is 10.1 Å². The Bertz CT molecular complexity index is 391. The van der Waals surface area contributed by atoms with E-state index in [2.05, 4.69) is 45.2 Å². The van der Waals surface area contributed by atoms with Gasteiger partial charge in [-0.3, -0.25) is 4.90 Å². The van der Waals surface area contributed by atoms with E-state index in [-0.39, 0.29) is 0 Å². The molecule has 1 fully saturated rings. The number of methoxy groups -OCH3 is 1. The minimum Gasteiger partial charge on any atom is -0.383 e. The second-order valence-corrected chi connectivity index (χ2v) is 8.19. The molecule has 0 radical (unpaired) electrons. The summed E-state index contributed by atoms with van der Waals surface area (Å²) in [7, 11) is 1.78. The van der Waals surface area contributed by atoms with Crippen molar-refractivity contribution in [3.05, 3.63) is 20.8 Å². The second-order valence-electron chi connectivity index (χ2n) is 5.65. The quantitative estimate of drug-likeness (QED) is 0.821. The normalized spacial score (nSPS) is 23.4. The van der Waals surface area contributed by atoms with Gasteiger partial charge in [0.05, 0.1) is 10.4 Å². The van der Waals surface area contributed by atoms with Gasteiger partial charge in [-0.2, -0.15) is 0 Å². The van der Waals surface area contributed by atoms with Crippen molar-refractivity contribution in [2.45, 2.75) is 19.9 Å². The Labute approximate surface area is 128 Å². The summed E-state index contributed by atoms with van der Waals surface area (Å²) < 4.78 is 6.46. The summed E-state index contributed by atoms with van der Waals surface area (Å²) in [6, 6.07) is 4.34. The summed E-state index contributed by atoms with van der Waals surface area (Å²) in [6.07, 6.45) is 1.27. The van der Waals surface area contributed by atoms with Crippen LogP contribution in [0.1, 0.15) is 18.2 Å². The van der Waals surface area contributed by atoms with Crippen LogP contribution in [0.5, 0.6) is 0 Å². The molecule has 1 saturated heterocycles. The van der Waals surface area contributed by atoms with Crippen molar-refractivity contribution in [2.75, 3.05) is 39.9 Å². The lowest BCUT2D eigenvalue weighted by Gasteiger charge is -2.31. The lowest BCUT2D eigenvalue weighted by Crippen LogP contribution is -2.38. The van der Waals surface area contributed by atoms with Crippen LogP contribution in [0.4, 0.5) is 0 Å². The minimum atomic E-state index is 0.405. The smallest absolute Gasteiger partial charge is 0.0701 e. The third-order valence-electron chi connectivity index (χ3n) is 3.68. The predicted octanol–water partition coefficient (Wildman–Crippen LogP) is 2.96. The maximum Gasteiger partial charge on any atom is 0.0701 e. The monoisotopic (exact) mass is 346 g/mol. The highest BCUT2D eigenvalue weighted by molar-refractivity contribution is 9.11. The third-order valence-corrected chi connectivity index (χ3v) is 5.29. The average Bonchev–Trinajstić information content (AvgIpc) is 2.96. The van der Waals surface area contributed by atoms with Crippen LogP contribution in [0.15, 0.2) is 15.9 Å². The number of rotatable bonds is 7. The van der Waals surface area contributed by atoms with E-state index < -0.39 is 0 Å². The zero-order chi connectivity index (χ0) is 13.7. The van der Waals surface area contributed by atoms with E-state index in [4.69, 9.17) is 4.74 Å². The van der Waals surface area contributed by atoms with Crippen LogP contribution in [0, 0.1) is 5.41 Å². The standard InChI is InChI=1S/C14H23BrN2OS/c1-14(5-6-16-10-14)11-17(7-8-18-2)9-12-3-4-13(15)19-12/h3-4,16H,5-11H2,1-2H3. The molecule has 108 valence electrons. The van der Waals surface area contributed by atoms with Gasteiger partial charge in [0.15, 0.2) is 0 Å². The van der Waals surface area contributed by atoms with Crippen molar-refractivity contribution < 1.29 is 4.74 Å². The number of thiophene rings is 1. The first-order chi connectivity index (χ1) is 9.11. The van der Waals surface area contributed by atoms with E-state index in [1.54, 1.807) is 7.11 Å². The molecule has 1 aromatic heterocycles. The second kappa shape index (κ2) is 7.18. The topological polar surface area (TPSA) is 24.5 Å². The lowest BCUT2D eigenvalue weighted by atomic mass is 9.89. The van der Waals surface area contributed by atoms with Crippen LogP contribution in [0.2, 0.25) is 0 Å². The van der Waals surface area contributed by atoms with E-state index in [0.29, 0.717) is 5.41 Å². The van der Waals surface area contributed by atoms with Gasteiger partial charge in [0.25, 0.3) is 0 Å². The molecule has 2 rings (SSSR count). The van der Waals surface area contributed by atoms with Crippen LogP contribution in [0.3, 0.4) is 0 Å². The average molecular weight is 347 g/mol. The highest BCUT2D eigenvalue weighted by Crippen LogP contribution is 2.28. The Hall–Kier alpha value is 0.0600. The third kappa shape index (κ3) is 4.83. The number of hydrogen-bond donors (Lipinski definition) is 1. The van der Waals surface area contributed by atoms with Crippen molar-refractivity contribution in [2.24, 2.45) is 5.41 Å². The molecule has 0 spiro atoms. The molecule has 1 unspecified atom stereocenters. The summed E-state index contributed by atoms with van der Waals surface area (Å²) in [5.41, 5.74) is 0.405. The number of nitrogens with zero attached hydrogens (tertiary/aromatic N) is 1. The first-order valence-corrected chi connectivity index (χ1v) is 8.38. The Morgan fingerprint density at radius 2 is 2.37 bits per heavy atom. The zero-order valence-corrected chi connectivity index (χ0v) is 14.1. The van der Waals surface area contributed by atoms with E-state index in [0.717, 1.165) is 39.3 Å². The van der Waals surface area contributed by atoms with Crippen molar-refractivity contribution in [1.82, 2.24) is 10.2 Å². The number of hydrogen-bond acceptors (Lipinski definition) is 4. The molecule has 1 aliphatic rings. The summed E-state index contributed by atoms with van der Waals surface area (Å²) in [6.45, 7) is 8.63. The van der Waals surface area contributed by atoms with Gasteiger partial charge in [-0.05, 0) is 46.4 Å². The van der Waals surface area contributed by atoms with E-state index in [9.17, 15) is 0 Å². The Morgan fingerprint density at radius 3 is 2.95 bits per heavy atom. The van der Waals surface area contributed by atoms with Crippen LogP contribution in [0.25, 0.3) is 0 Å². The highest BCUT2D eigenvalue weighted by Gasteiger charge is 2.30. The summed E-state index contributed by atoms with van der Waals surface area (Å²) in [4.78, 5) is 3.94. The van der Waals surface area contributed by atoms with Crippen LogP contribution in [-0.2, 0) is 11.3 Å². The van der Waals surface area contributed by atoms with E-state index in [1.807, 2.05) is 11.3 Å². The molecule has 1 atom stereocenters. The molecule has 1 aromatic rings. The van der Waals surface area contributed by atoms with Gasteiger partial charge in [0.1, 0.15) is 0 Å². The maximum absolute atomic E-state index is 5.25. The number of nitrogens with one attached hydrogen (secondary N) is 1. The largest absolute Gasteiger partial charge is 0.383 e. The first kappa shape index (κ1) is 15.4. The predicted molar refractivity (Wildman–Crippen MR) is 84.8 cm³/mol. The Morgan fingerprint density at radius 1 is 1.53 bits per heavy atom. The van der Waals surface area contributed by atoms with Crippen LogP contribution >= 0.6 is 27.3 Å². The molecular formula is C14H23BrN2OS. The molecule has 0 saturated carbocycles. The van der Waals surface area contributed by atoms with Crippen molar-refractivity contribution in [3.63, 3.8) is 0 Å². The molecule has 19 heavy (non-hydrogen) atoms. The van der Waals surface area contributed by atoms with Crippen LogP contribution < -0.4 is 5.32 Å². The summed E-state index contributed by atoms with van der Waals surface area (Å²) >= 11 is 5.36. The molecule has 5 heteroatoms. The van der Waals surface area contributed by atoms with Crippen LogP contribution in [-0.4, -0.2) is 44.8 Å². The Balaban J connectivity index is 1.94. The molecular weight excluding hydrogens is 324 g/mol. The summed E-state index contributed by atoms with van der Waals surface area (Å²) in [5.74, 6) is 0. The molecule has 1 N–H and O–H groups in total. The lowest BCUT2D eigenvalue weighted by molar-refractivity contribution is 0.114. The maximum atomic E-state index is 5.25. The van der Waals surface area contributed by atoms with E-state index in [1.165, 1.54) is 15.1 Å². The minimum absolute atomic E-state index is 0.405. The first-order valence-electron chi connectivity index (χ1n) is 6.77. The zero-order valence-electron chi connectivity index (χ0n) is 11.7. The molecule has 0 aliphatic carbocycles. The molecule has 3 nitrogen and oxygen atoms in total. The van der Waals surface area contributed by atoms with Gasteiger partial charge in [-0.1, -0.05) is 6.92 Å². The molecule has 0 aromatic carbocycles. The van der Waals surface area contributed by atoms with Gasteiger partial charge in [0, 0.05) is 38.2 Å². The number of halogens is 1. The van der Waals surface area contributed by atoms with Crippen molar-refractivity contribution in [3.8, 4) is 0 Å². The fraction of sp³-hybridized carbons (Fsp3) is 0.714. The van der Waals surface area contributed by atoms with Crippen molar-refractivity contribution in [1.29, 1.82) is 0 Å². The summed E-state index contributed by atoms with van der Waals surface area (Å²) in [5, 5.41) is 3.48. The van der Waals surface area contributed by atoms with E-state index >= 15 is 0 Å². The molecule has 2 heterocycles. The fourth-order valence-corrected chi connectivity index (χ4v) is 4.16. The molecule has 0 amide bonds.